The third-order valence-corrected chi connectivity index (χ3v) is 8.67. The van der Waals surface area contributed by atoms with Gasteiger partial charge < -0.3 is 4.55 Å². The summed E-state index contributed by atoms with van der Waals surface area (Å²) in [7, 11) is 1.62. The monoisotopic (exact) mass is 468 g/mol. The van der Waals surface area contributed by atoms with Gasteiger partial charge in [-0.2, -0.15) is 0 Å². The van der Waals surface area contributed by atoms with E-state index in [0.29, 0.717) is 35.5 Å². The van der Waals surface area contributed by atoms with Crippen LogP contribution in [0.3, 0.4) is 0 Å². The molecule has 1 aliphatic heterocycles. The molecule has 10 heteroatoms. The average molecular weight is 469 g/mol. The molecule has 2 aromatic rings. The molecule has 0 N–H and O–H groups in total. The number of rotatable bonds is 5. The summed E-state index contributed by atoms with van der Waals surface area (Å²) in [6.07, 6.45) is 3.38. The number of aryl methyl sites for hydroxylation is 1. The van der Waals surface area contributed by atoms with Crippen LogP contribution < -0.4 is 4.90 Å². The Morgan fingerprint density at radius 1 is 1.26 bits per heavy atom. The number of carbonyl (C=O) groups excluding carboxylic acids is 1. The zero-order valence-electron chi connectivity index (χ0n) is 17.3. The lowest BCUT2D eigenvalue weighted by Gasteiger charge is -2.46. The van der Waals surface area contributed by atoms with E-state index in [4.69, 9.17) is 0 Å². The van der Waals surface area contributed by atoms with Crippen LogP contribution in [0.15, 0.2) is 22.4 Å². The zero-order chi connectivity index (χ0) is 22.3. The first-order chi connectivity index (χ1) is 14.7. The van der Waals surface area contributed by atoms with Crippen molar-refractivity contribution in [3.63, 3.8) is 0 Å². The van der Waals surface area contributed by atoms with Gasteiger partial charge in [-0.15, -0.1) is 0 Å². The molecule has 1 aliphatic carbocycles. The van der Waals surface area contributed by atoms with Gasteiger partial charge in [-0.1, -0.05) is 11.3 Å². The molecule has 1 atom stereocenters. The number of nitrogens with zero attached hydrogens (tertiary/aromatic N) is 3. The summed E-state index contributed by atoms with van der Waals surface area (Å²) >= 11 is -1.37. The normalized spacial score (nSPS) is 23.4. The first-order valence-corrected chi connectivity index (χ1v) is 12.2. The maximum Gasteiger partial charge on any atom is 0.234 e. The van der Waals surface area contributed by atoms with Crippen LogP contribution in [0.4, 0.5) is 13.9 Å². The SMILES string of the molecule is Cc1nc(N(C)C(=O)C2CN(C3CCC(c4cc(F)ccc4F)CC3)C2)sc1S(=O)[O-]. The Balaban J connectivity index is 1.29. The maximum atomic E-state index is 14.1. The van der Waals surface area contributed by atoms with Gasteiger partial charge in [0.05, 0.1) is 11.6 Å². The van der Waals surface area contributed by atoms with E-state index in [9.17, 15) is 22.3 Å². The second kappa shape index (κ2) is 9.01. The molecule has 0 spiro atoms. The van der Waals surface area contributed by atoms with E-state index in [2.05, 4.69) is 9.88 Å². The summed E-state index contributed by atoms with van der Waals surface area (Å²) < 4.78 is 50.1. The first-order valence-electron chi connectivity index (χ1n) is 10.3. The minimum Gasteiger partial charge on any atom is -0.768 e. The molecule has 1 aromatic carbocycles. The summed E-state index contributed by atoms with van der Waals surface area (Å²) in [5, 5.41) is 0.387. The average Bonchev–Trinajstić information content (AvgIpc) is 3.10. The van der Waals surface area contributed by atoms with Gasteiger partial charge >= 0.3 is 0 Å². The molecular weight excluding hydrogens is 444 g/mol. The molecule has 2 fully saturated rings. The minimum atomic E-state index is -2.36. The van der Waals surface area contributed by atoms with Gasteiger partial charge in [0.15, 0.2) is 5.13 Å². The Bertz CT molecular complexity index is 1000. The lowest BCUT2D eigenvalue weighted by Crippen LogP contribution is -2.57. The van der Waals surface area contributed by atoms with Crippen molar-refractivity contribution >= 4 is 33.5 Å². The largest absolute Gasteiger partial charge is 0.768 e. The predicted molar refractivity (Wildman–Crippen MR) is 114 cm³/mol. The van der Waals surface area contributed by atoms with Crippen molar-refractivity contribution in [2.75, 3.05) is 25.0 Å². The van der Waals surface area contributed by atoms with E-state index < -0.39 is 16.9 Å². The van der Waals surface area contributed by atoms with E-state index in [1.807, 2.05) is 0 Å². The predicted octanol–water partition coefficient (Wildman–Crippen LogP) is 3.59. The summed E-state index contributed by atoms with van der Waals surface area (Å²) in [4.78, 5) is 20.7. The standard InChI is InChI=1S/C21H25F2N3O3S2/c1-12-20(31(28)29)30-21(24-12)25(2)19(27)14-10-26(11-14)16-6-3-13(4-7-16)17-9-15(22)5-8-18(17)23/h5,8-9,13-14,16H,3-4,6-7,10-11H2,1-2H3,(H,28,29)/p-1. The van der Waals surface area contributed by atoms with E-state index in [1.54, 1.807) is 14.0 Å². The Hall–Kier alpha value is -1.75. The number of halogens is 2. The van der Waals surface area contributed by atoms with E-state index in [-0.39, 0.29) is 27.8 Å². The van der Waals surface area contributed by atoms with E-state index in [0.717, 1.165) is 43.1 Å². The van der Waals surface area contributed by atoms with Crippen LogP contribution in [0.25, 0.3) is 0 Å². The zero-order valence-corrected chi connectivity index (χ0v) is 19.0. The van der Waals surface area contributed by atoms with Crippen molar-refractivity contribution in [3.8, 4) is 0 Å². The number of hydrogen-bond donors (Lipinski definition) is 0. The van der Waals surface area contributed by atoms with E-state index >= 15 is 0 Å². The highest BCUT2D eigenvalue weighted by atomic mass is 32.2. The summed E-state index contributed by atoms with van der Waals surface area (Å²) in [6, 6.07) is 3.99. The van der Waals surface area contributed by atoms with Crippen LogP contribution in [0, 0.1) is 24.5 Å². The van der Waals surface area contributed by atoms with Crippen LogP contribution in [0.5, 0.6) is 0 Å². The van der Waals surface area contributed by atoms with Crippen LogP contribution in [-0.4, -0.2) is 50.7 Å². The Morgan fingerprint density at radius 3 is 2.55 bits per heavy atom. The van der Waals surface area contributed by atoms with Crippen molar-refractivity contribution in [3.05, 3.63) is 41.1 Å². The van der Waals surface area contributed by atoms with Gasteiger partial charge in [-0.05, 0) is 73.4 Å². The van der Waals surface area contributed by atoms with Gasteiger partial charge in [0, 0.05) is 26.2 Å². The van der Waals surface area contributed by atoms with E-state index in [1.165, 1.54) is 17.0 Å². The number of hydrogen-bond acceptors (Lipinski definition) is 6. The third-order valence-electron chi connectivity index (χ3n) is 6.38. The Kier molecular flexibility index (Phi) is 6.52. The topological polar surface area (TPSA) is 76.6 Å². The van der Waals surface area contributed by atoms with Gasteiger partial charge in [0.25, 0.3) is 0 Å². The molecule has 1 aromatic heterocycles. The fourth-order valence-electron chi connectivity index (χ4n) is 4.58. The fraction of sp³-hybridized carbons (Fsp3) is 0.524. The number of carbonyl (C=O) groups is 1. The maximum absolute atomic E-state index is 14.1. The summed E-state index contributed by atoms with van der Waals surface area (Å²) in [5.74, 6) is -0.928. The number of aromatic nitrogens is 1. The molecule has 168 valence electrons. The molecular formula is C21H24F2N3O3S2-. The smallest absolute Gasteiger partial charge is 0.234 e. The van der Waals surface area contributed by atoms with Gasteiger partial charge in [-0.3, -0.25) is 18.8 Å². The van der Waals surface area contributed by atoms with Gasteiger partial charge in [-0.25, -0.2) is 13.8 Å². The molecule has 1 saturated carbocycles. The molecule has 1 unspecified atom stereocenters. The van der Waals surface area contributed by atoms with Gasteiger partial charge in [0.1, 0.15) is 15.8 Å². The molecule has 0 radical (unpaired) electrons. The summed E-state index contributed by atoms with van der Waals surface area (Å²) in [6.45, 7) is 2.91. The molecule has 2 aliphatic rings. The quantitative estimate of drug-likeness (QED) is 0.627. The fourth-order valence-corrected chi connectivity index (χ4v) is 6.13. The van der Waals surface area contributed by atoms with Crippen LogP contribution in [0.2, 0.25) is 0 Å². The molecule has 2 heterocycles. The number of anilines is 1. The number of benzene rings is 1. The van der Waals surface area contributed by atoms with Crippen molar-refractivity contribution in [1.29, 1.82) is 0 Å². The second-order valence-electron chi connectivity index (χ2n) is 8.32. The number of amides is 1. The Labute approximate surface area is 186 Å². The number of likely N-dealkylation sites (tertiary alicyclic amines) is 1. The third kappa shape index (κ3) is 4.57. The molecule has 1 amide bonds. The Morgan fingerprint density at radius 2 is 1.94 bits per heavy atom. The van der Waals surface area contributed by atoms with Crippen molar-refractivity contribution in [2.24, 2.45) is 5.92 Å². The molecule has 4 rings (SSSR count). The molecule has 0 bridgehead atoms. The summed E-state index contributed by atoms with van der Waals surface area (Å²) in [5.41, 5.74) is 0.864. The van der Waals surface area contributed by atoms with Crippen LogP contribution >= 0.6 is 11.3 Å². The molecule has 31 heavy (non-hydrogen) atoms. The highest BCUT2D eigenvalue weighted by Gasteiger charge is 2.40. The number of thiazole rings is 1. The molecule has 6 nitrogen and oxygen atoms in total. The lowest BCUT2D eigenvalue weighted by atomic mass is 9.79. The second-order valence-corrected chi connectivity index (χ2v) is 10.4. The van der Waals surface area contributed by atoms with Crippen molar-refractivity contribution < 1.29 is 22.3 Å². The van der Waals surface area contributed by atoms with Crippen molar-refractivity contribution in [1.82, 2.24) is 9.88 Å². The molecule has 1 saturated heterocycles. The highest BCUT2D eigenvalue weighted by Crippen LogP contribution is 2.38. The van der Waals surface area contributed by atoms with Crippen LogP contribution in [-0.2, 0) is 15.9 Å². The highest BCUT2D eigenvalue weighted by molar-refractivity contribution is 7.81. The van der Waals surface area contributed by atoms with Crippen LogP contribution in [0.1, 0.15) is 42.9 Å². The minimum absolute atomic E-state index is 0.0330. The van der Waals surface area contributed by atoms with Crippen molar-refractivity contribution in [2.45, 2.75) is 48.8 Å². The van der Waals surface area contributed by atoms with Gasteiger partial charge in [0.2, 0.25) is 5.91 Å². The first kappa shape index (κ1) is 22.4. The lowest BCUT2D eigenvalue weighted by molar-refractivity contribution is -0.128.